The van der Waals surface area contributed by atoms with Crippen molar-refractivity contribution in [3.63, 3.8) is 0 Å². The number of nitrogens with one attached hydrogen (secondary N) is 1. The molecule has 3 nitrogen and oxygen atoms in total. The average Bonchev–Trinajstić information content (AvgIpc) is 2.43. The highest BCUT2D eigenvalue weighted by atomic mass is 16.3. The van der Waals surface area contributed by atoms with E-state index in [1.807, 2.05) is 25.2 Å². The van der Waals surface area contributed by atoms with Gasteiger partial charge in [-0.1, -0.05) is 44.9 Å². The molecule has 0 saturated heterocycles. The van der Waals surface area contributed by atoms with Crippen molar-refractivity contribution in [3.05, 3.63) is 35.6 Å². The number of hydrogen-bond acceptors (Lipinski definition) is 2. The van der Waals surface area contributed by atoms with Crippen molar-refractivity contribution < 1.29 is 9.90 Å². The van der Waals surface area contributed by atoms with Crippen LogP contribution in [0.5, 0.6) is 0 Å². The van der Waals surface area contributed by atoms with Crippen LogP contribution in [0.2, 0.25) is 0 Å². The Morgan fingerprint density at radius 3 is 2.43 bits per heavy atom. The van der Waals surface area contributed by atoms with Gasteiger partial charge in [-0.05, 0) is 46.1 Å². The maximum atomic E-state index is 12.4. The average molecular weight is 293 g/mol. The van der Waals surface area contributed by atoms with Gasteiger partial charge in [-0.2, -0.15) is 0 Å². The van der Waals surface area contributed by atoms with Crippen LogP contribution >= 0.6 is 0 Å². The summed E-state index contributed by atoms with van der Waals surface area (Å²) in [5.41, 5.74) is 0.488. The van der Waals surface area contributed by atoms with E-state index in [1.165, 1.54) is 0 Å². The number of amides is 1. The molecule has 0 aromatic carbocycles. The number of rotatable bonds is 9. The zero-order valence-electron chi connectivity index (χ0n) is 14.2. The third kappa shape index (κ3) is 8.38. The summed E-state index contributed by atoms with van der Waals surface area (Å²) in [5, 5.41) is 12.3. The Morgan fingerprint density at radius 2 is 1.95 bits per heavy atom. The molecule has 0 aromatic heterocycles. The molecule has 0 bridgehead atoms. The lowest BCUT2D eigenvalue weighted by atomic mass is 9.91. The predicted molar refractivity (Wildman–Crippen MR) is 90.3 cm³/mol. The molecule has 1 unspecified atom stereocenters. The van der Waals surface area contributed by atoms with E-state index in [1.54, 1.807) is 13.0 Å². The lowest BCUT2D eigenvalue weighted by molar-refractivity contribution is -0.119. The van der Waals surface area contributed by atoms with Crippen molar-refractivity contribution in [1.29, 1.82) is 0 Å². The molecule has 0 rings (SSSR count). The number of carbonyl (C=O) groups is 1. The Hall–Kier alpha value is -1.51. The van der Waals surface area contributed by atoms with Crippen LogP contribution in [0.3, 0.4) is 0 Å². The molecule has 120 valence electrons. The second-order valence-electron chi connectivity index (χ2n) is 5.71. The highest BCUT2D eigenvalue weighted by Crippen LogP contribution is 2.19. The minimum absolute atomic E-state index is 0.0439. The molecule has 0 aliphatic rings. The monoisotopic (exact) mass is 293 g/mol. The number of hydrogen-bond donors (Lipinski definition) is 2. The van der Waals surface area contributed by atoms with Gasteiger partial charge < -0.3 is 10.4 Å². The number of unbranched alkanes of at least 4 members (excludes halogenated alkanes) is 1. The summed E-state index contributed by atoms with van der Waals surface area (Å²) in [6, 6.07) is 0. The van der Waals surface area contributed by atoms with Crippen LogP contribution in [0, 0.1) is 0 Å². The Bertz CT molecular complexity index is 403. The van der Waals surface area contributed by atoms with Crippen LogP contribution in [0.25, 0.3) is 0 Å². The van der Waals surface area contributed by atoms with Gasteiger partial charge >= 0.3 is 0 Å². The van der Waals surface area contributed by atoms with Crippen LogP contribution in [-0.2, 0) is 4.79 Å². The van der Waals surface area contributed by atoms with Gasteiger partial charge in [-0.15, -0.1) is 0 Å². The second-order valence-corrected chi connectivity index (χ2v) is 5.71. The predicted octanol–water partition coefficient (Wildman–Crippen LogP) is 4.82. The van der Waals surface area contributed by atoms with E-state index in [-0.39, 0.29) is 17.2 Å². The van der Waals surface area contributed by atoms with Crippen LogP contribution in [0.15, 0.2) is 35.6 Å². The van der Waals surface area contributed by atoms with E-state index in [9.17, 15) is 4.79 Å². The molecule has 2 N–H and O–H groups in total. The molecule has 0 fully saturated rings. The first-order valence-corrected chi connectivity index (χ1v) is 7.89. The topological polar surface area (TPSA) is 49.3 Å². The highest BCUT2D eigenvalue weighted by molar-refractivity contribution is 5.96. The van der Waals surface area contributed by atoms with Crippen molar-refractivity contribution in [2.24, 2.45) is 0 Å². The molecule has 1 amide bonds. The third-order valence-corrected chi connectivity index (χ3v) is 3.64. The quantitative estimate of drug-likeness (QED) is 0.364. The summed E-state index contributed by atoms with van der Waals surface area (Å²) in [7, 11) is 0. The third-order valence-electron chi connectivity index (χ3n) is 3.64. The van der Waals surface area contributed by atoms with Gasteiger partial charge in [-0.3, -0.25) is 4.79 Å². The molecule has 0 aliphatic heterocycles. The fourth-order valence-corrected chi connectivity index (χ4v) is 2.01. The van der Waals surface area contributed by atoms with Gasteiger partial charge in [0.2, 0.25) is 0 Å². The first-order chi connectivity index (χ1) is 9.88. The zero-order chi connectivity index (χ0) is 16.3. The first kappa shape index (κ1) is 19.5. The summed E-state index contributed by atoms with van der Waals surface area (Å²) >= 11 is 0. The lowest BCUT2D eigenvalue weighted by Gasteiger charge is -2.30. The Kier molecular flexibility index (Phi) is 9.51. The van der Waals surface area contributed by atoms with Gasteiger partial charge in [0.15, 0.2) is 0 Å². The molecular weight excluding hydrogens is 262 g/mol. The van der Waals surface area contributed by atoms with Gasteiger partial charge in [0.05, 0.1) is 5.76 Å². The van der Waals surface area contributed by atoms with E-state index in [0.29, 0.717) is 12.0 Å². The smallest absolute Gasteiger partial charge is 0.251 e. The summed E-state index contributed by atoms with van der Waals surface area (Å²) in [6.45, 7) is 9.89. The van der Waals surface area contributed by atoms with Crippen LogP contribution < -0.4 is 5.32 Å². The maximum Gasteiger partial charge on any atom is 0.251 e. The normalized spacial score (nSPS) is 16.0. The fraction of sp³-hybridized carbons (Fsp3) is 0.611. The van der Waals surface area contributed by atoms with Crippen molar-refractivity contribution in [1.82, 2.24) is 5.32 Å². The minimum Gasteiger partial charge on any atom is -0.513 e. The van der Waals surface area contributed by atoms with E-state index >= 15 is 0 Å². The highest BCUT2D eigenvalue weighted by Gasteiger charge is 2.24. The second kappa shape index (κ2) is 10.3. The molecular formula is C18H31NO2. The molecule has 21 heavy (non-hydrogen) atoms. The molecule has 0 radical (unpaired) electrons. The number of aliphatic hydroxyl groups excluding tert-OH is 1. The van der Waals surface area contributed by atoms with E-state index in [0.717, 1.165) is 25.7 Å². The summed E-state index contributed by atoms with van der Waals surface area (Å²) in [4.78, 5) is 12.4. The van der Waals surface area contributed by atoms with Crippen LogP contribution in [0.1, 0.15) is 66.7 Å². The number of allylic oxidation sites excluding steroid dienone is 4. The van der Waals surface area contributed by atoms with Gasteiger partial charge in [0, 0.05) is 11.1 Å². The summed E-state index contributed by atoms with van der Waals surface area (Å²) in [6.07, 6.45) is 11.9. The molecule has 0 heterocycles. The van der Waals surface area contributed by atoms with Crippen molar-refractivity contribution in [2.75, 3.05) is 0 Å². The Morgan fingerprint density at radius 1 is 1.29 bits per heavy atom. The van der Waals surface area contributed by atoms with E-state index < -0.39 is 0 Å². The maximum absolute atomic E-state index is 12.4. The van der Waals surface area contributed by atoms with E-state index in [4.69, 9.17) is 5.11 Å². The molecule has 0 spiro atoms. The molecule has 0 saturated carbocycles. The molecule has 0 aromatic rings. The lowest BCUT2D eigenvalue weighted by Crippen LogP contribution is -2.45. The van der Waals surface area contributed by atoms with Gasteiger partial charge in [0.25, 0.3) is 5.91 Å². The SMILES string of the molecule is C/C=C\C(=C/C/C=C(\C)O)C(=O)NC(C)(CC)CCCC. The fourth-order valence-electron chi connectivity index (χ4n) is 2.01. The van der Waals surface area contributed by atoms with Crippen LogP contribution in [-0.4, -0.2) is 16.6 Å². The Balaban J connectivity index is 4.92. The first-order valence-electron chi connectivity index (χ1n) is 7.89. The molecule has 1 atom stereocenters. The van der Waals surface area contributed by atoms with Crippen molar-refractivity contribution >= 4 is 5.91 Å². The van der Waals surface area contributed by atoms with Gasteiger partial charge in [0.1, 0.15) is 0 Å². The number of carbonyl (C=O) groups excluding carboxylic acids is 1. The van der Waals surface area contributed by atoms with Crippen LogP contribution in [0.4, 0.5) is 0 Å². The summed E-state index contributed by atoms with van der Waals surface area (Å²) in [5.74, 6) is 0.227. The Labute approximate surface area is 129 Å². The van der Waals surface area contributed by atoms with Crippen molar-refractivity contribution in [3.8, 4) is 0 Å². The molecule has 3 heteroatoms. The standard InChI is InChI=1S/C18H31NO2/c1-6-9-14-18(5,8-3)19-17(21)16(11-7-2)13-10-12-15(4)20/h7,11-13,20H,6,8-10,14H2,1-5H3,(H,19,21)/b11-7-,15-12+,16-13+. The molecule has 0 aliphatic carbocycles. The zero-order valence-corrected chi connectivity index (χ0v) is 14.2. The summed E-state index contributed by atoms with van der Waals surface area (Å²) < 4.78 is 0. The largest absolute Gasteiger partial charge is 0.513 e. The van der Waals surface area contributed by atoms with Gasteiger partial charge in [-0.25, -0.2) is 0 Å². The van der Waals surface area contributed by atoms with Crippen molar-refractivity contribution in [2.45, 2.75) is 72.3 Å². The number of aliphatic hydroxyl groups is 1. The van der Waals surface area contributed by atoms with E-state index in [2.05, 4.69) is 26.1 Å². The minimum atomic E-state index is -0.156.